The average Bonchev–Trinajstić information content (AvgIpc) is 2.14. The van der Waals surface area contributed by atoms with Crippen molar-refractivity contribution >= 4 is 17.5 Å². The molecule has 0 atom stereocenters. The van der Waals surface area contributed by atoms with Crippen LogP contribution >= 0.6 is 11.8 Å². The molecule has 0 heterocycles. The van der Waals surface area contributed by atoms with Crippen LogP contribution < -0.4 is 0 Å². The van der Waals surface area contributed by atoms with Gasteiger partial charge in [-0.3, -0.25) is 4.79 Å². The number of ketones is 1. The van der Waals surface area contributed by atoms with Crippen molar-refractivity contribution in [1.29, 1.82) is 0 Å². The van der Waals surface area contributed by atoms with Crippen LogP contribution in [0.15, 0.2) is 18.2 Å². The van der Waals surface area contributed by atoms with Crippen LogP contribution in [0.2, 0.25) is 0 Å². The molecule has 15 heavy (non-hydrogen) atoms. The molecule has 1 nitrogen and oxygen atoms in total. The number of carbonyl (C=O) groups excluding carboxylic acids is 1. The fourth-order valence-electron chi connectivity index (χ4n) is 1.04. The molecule has 0 amide bonds. The maximum atomic E-state index is 13.2. The van der Waals surface area contributed by atoms with E-state index in [1.54, 1.807) is 0 Å². The molecule has 82 valence electrons. The quantitative estimate of drug-likeness (QED) is 0.738. The topological polar surface area (TPSA) is 17.1 Å². The Hall–Kier alpha value is -0.900. The minimum Gasteiger partial charge on any atom is -0.293 e. The molecule has 0 saturated carbocycles. The monoisotopic (exact) mass is 230 g/mol. The minimum absolute atomic E-state index is 0.0375. The number of halogens is 2. The zero-order valence-corrected chi connectivity index (χ0v) is 9.41. The Morgan fingerprint density at radius 1 is 1.40 bits per heavy atom. The van der Waals surface area contributed by atoms with Crippen LogP contribution in [0.4, 0.5) is 8.78 Å². The molecule has 0 bridgehead atoms. The highest BCUT2D eigenvalue weighted by Crippen LogP contribution is 2.15. The molecule has 0 spiro atoms. The Balaban J connectivity index is 2.74. The van der Waals surface area contributed by atoms with Gasteiger partial charge in [0, 0.05) is 6.07 Å². The molecule has 1 aromatic carbocycles. The second kappa shape index (κ2) is 5.26. The third-order valence-corrected chi connectivity index (χ3v) is 2.87. The number of hydrogen-bond acceptors (Lipinski definition) is 2. The van der Waals surface area contributed by atoms with Crippen molar-refractivity contribution < 1.29 is 13.6 Å². The summed E-state index contributed by atoms with van der Waals surface area (Å²) in [4.78, 5) is 11.5. The van der Waals surface area contributed by atoms with Gasteiger partial charge in [0.15, 0.2) is 5.78 Å². The van der Waals surface area contributed by atoms with E-state index in [1.165, 1.54) is 17.8 Å². The van der Waals surface area contributed by atoms with Crippen LogP contribution in [0.3, 0.4) is 0 Å². The van der Waals surface area contributed by atoms with E-state index in [0.29, 0.717) is 5.25 Å². The maximum absolute atomic E-state index is 13.2. The number of thioether (sulfide) groups is 1. The van der Waals surface area contributed by atoms with E-state index in [0.717, 1.165) is 12.1 Å². The molecule has 1 aromatic rings. The van der Waals surface area contributed by atoms with Gasteiger partial charge in [-0.1, -0.05) is 13.8 Å². The molecule has 0 saturated heterocycles. The molecular formula is C11H12F2OS. The second-order valence-corrected chi connectivity index (χ2v) is 4.97. The molecule has 0 unspecified atom stereocenters. The lowest BCUT2D eigenvalue weighted by Gasteiger charge is -2.04. The normalized spacial score (nSPS) is 10.7. The van der Waals surface area contributed by atoms with Crippen molar-refractivity contribution in [3.8, 4) is 0 Å². The van der Waals surface area contributed by atoms with Crippen molar-refractivity contribution in [2.45, 2.75) is 19.1 Å². The molecule has 0 aliphatic carbocycles. The second-order valence-electron chi connectivity index (χ2n) is 3.41. The highest BCUT2D eigenvalue weighted by atomic mass is 32.2. The highest BCUT2D eigenvalue weighted by molar-refractivity contribution is 8.00. The van der Waals surface area contributed by atoms with E-state index in [1.807, 2.05) is 13.8 Å². The number of rotatable bonds is 4. The first-order chi connectivity index (χ1) is 7.00. The summed E-state index contributed by atoms with van der Waals surface area (Å²) in [5.74, 6) is -1.53. The van der Waals surface area contributed by atoms with Crippen molar-refractivity contribution in [1.82, 2.24) is 0 Å². The number of Topliss-reactive ketones (excluding diaryl/α,β-unsaturated/α-hetero) is 1. The van der Waals surface area contributed by atoms with Gasteiger partial charge >= 0.3 is 0 Å². The summed E-state index contributed by atoms with van der Waals surface area (Å²) in [7, 11) is 0. The van der Waals surface area contributed by atoms with Crippen molar-refractivity contribution in [2.75, 3.05) is 5.75 Å². The lowest BCUT2D eigenvalue weighted by atomic mass is 10.1. The van der Waals surface area contributed by atoms with Crippen LogP contribution in [-0.4, -0.2) is 16.8 Å². The van der Waals surface area contributed by atoms with Gasteiger partial charge in [-0.2, -0.15) is 11.8 Å². The Kier molecular flexibility index (Phi) is 4.27. The molecule has 0 fully saturated rings. The van der Waals surface area contributed by atoms with E-state index in [-0.39, 0.29) is 17.1 Å². The molecule has 1 rings (SSSR count). The van der Waals surface area contributed by atoms with Gasteiger partial charge in [0.25, 0.3) is 0 Å². The third-order valence-electron chi connectivity index (χ3n) is 1.78. The minimum atomic E-state index is -0.788. The fourth-order valence-corrected chi connectivity index (χ4v) is 1.68. The fraction of sp³-hybridized carbons (Fsp3) is 0.364. The lowest BCUT2D eigenvalue weighted by molar-refractivity contribution is 0.101. The Bertz CT molecular complexity index is 364. The summed E-state index contributed by atoms with van der Waals surface area (Å²) < 4.78 is 25.7. The van der Waals surface area contributed by atoms with Crippen LogP contribution in [0.5, 0.6) is 0 Å². The highest BCUT2D eigenvalue weighted by Gasteiger charge is 2.12. The predicted molar refractivity (Wildman–Crippen MR) is 58.3 cm³/mol. The molecule has 0 aromatic heterocycles. The molecule has 0 aliphatic heterocycles. The lowest BCUT2D eigenvalue weighted by Crippen LogP contribution is -2.07. The van der Waals surface area contributed by atoms with E-state index in [2.05, 4.69) is 0 Å². The summed E-state index contributed by atoms with van der Waals surface area (Å²) in [6.07, 6.45) is 0. The predicted octanol–water partition coefficient (Wildman–Crippen LogP) is 3.29. The third kappa shape index (κ3) is 3.63. The van der Waals surface area contributed by atoms with E-state index in [4.69, 9.17) is 0 Å². The van der Waals surface area contributed by atoms with Gasteiger partial charge in [-0.15, -0.1) is 0 Å². The van der Waals surface area contributed by atoms with Crippen LogP contribution in [-0.2, 0) is 0 Å². The van der Waals surface area contributed by atoms with Gasteiger partial charge in [-0.05, 0) is 17.4 Å². The smallest absolute Gasteiger partial charge is 0.175 e. The summed E-state index contributed by atoms with van der Waals surface area (Å²) in [6, 6.07) is 3.01. The standard InChI is InChI=1S/C11H12F2OS/c1-7(2)15-6-11(14)9-4-3-8(12)5-10(9)13/h3-5,7H,6H2,1-2H3. The van der Waals surface area contributed by atoms with Crippen molar-refractivity contribution in [3.63, 3.8) is 0 Å². The van der Waals surface area contributed by atoms with Gasteiger partial charge in [-0.25, -0.2) is 8.78 Å². The maximum Gasteiger partial charge on any atom is 0.175 e. The number of carbonyl (C=O) groups is 1. The van der Waals surface area contributed by atoms with E-state index >= 15 is 0 Å². The van der Waals surface area contributed by atoms with Crippen LogP contribution in [0.25, 0.3) is 0 Å². The van der Waals surface area contributed by atoms with Crippen molar-refractivity contribution in [3.05, 3.63) is 35.4 Å². The summed E-state index contributed by atoms with van der Waals surface area (Å²) in [6.45, 7) is 3.91. The van der Waals surface area contributed by atoms with Crippen molar-refractivity contribution in [2.24, 2.45) is 0 Å². The van der Waals surface area contributed by atoms with E-state index < -0.39 is 11.6 Å². The zero-order chi connectivity index (χ0) is 11.4. The molecular weight excluding hydrogens is 218 g/mol. The molecule has 0 N–H and O–H groups in total. The Morgan fingerprint density at radius 2 is 2.07 bits per heavy atom. The van der Waals surface area contributed by atoms with Gasteiger partial charge in [0.05, 0.1) is 11.3 Å². The van der Waals surface area contributed by atoms with Crippen LogP contribution in [0.1, 0.15) is 24.2 Å². The van der Waals surface area contributed by atoms with Gasteiger partial charge < -0.3 is 0 Å². The van der Waals surface area contributed by atoms with Gasteiger partial charge in [0.2, 0.25) is 0 Å². The summed E-state index contributed by atoms with van der Waals surface area (Å²) in [5.41, 5.74) is -0.0375. The SMILES string of the molecule is CC(C)SCC(=O)c1ccc(F)cc1F. The average molecular weight is 230 g/mol. The largest absolute Gasteiger partial charge is 0.293 e. The number of hydrogen-bond donors (Lipinski definition) is 0. The Morgan fingerprint density at radius 3 is 2.60 bits per heavy atom. The number of benzene rings is 1. The van der Waals surface area contributed by atoms with E-state index in [9.17, 15) is 13.6 Å². The summed E-state index contributed by atoms with van der Waals surface area (Å²) in [5, 5.41) is 0.317. The Labute approximate surface area is 91.9 Å². The first-order valence-corrected chi connectivity index (χ1v) is 5.65. The first-order valence-electron chi connectivity index (χ1n) is 4.60. The van der Waals surface area contributed by atoms with Gasteiger partial charge in [0.1, 0.15) is 11.6 Å². The first kappa shape index (κ1) is 12.2. The van der Waals surface area contributed by atoms with Crippen LogP contribution in [0, 0.1) is 11.6 Å². The molecule has 0 aliphatic rings. The molecule has 4 heteroatoms. The zero-order valence-electron chi connectivity index (χ0n) is 8.59. The molecule has 0 radical (unpaired) electrons. The summed E-state index contributed by atoms with van der Waals surface area (Å²) >= 11 is 1.44.